The molecule has 1 atom stereocenters. The molecule has 0 aromatic rings. The lowest BCUT2D eigenvalue weighted by molar-refractivity contribution is 0.160. The van der Waals surface area contributed by atoms with E-state index in [1.165, 1.54) is 45.2 Å². The fourth-order valence-electron chi connectivity index (χ4n) is 2.82. The second-order valence-electron chi connectivity index (χ2n) is 7.55. The number of aliphatic hydroxyl groups is 1. The highest BCUT2D eigenvalue weighted by molar-refractivity contribution is 4.85. The third-order valence-electron chi connectivity index (χ3n) is 4.63. The molecule has 1 aliphatic rings. The van der Waals surface area contributed by atoms with Gasteiger partial charge in [0.2, 0.25) is 0 Å². The number of aliphatic hydroxyl groups excluding tert-OH is 1. The Bertz CT molecular complexity index is 266. The molecule has 0 aromatic heterocycles. The average molecular weight is 299 g/mol. The Labute approximate surface area is 132 Å². The average Bonchev–Trinajstić information content (AvgIpc) is 3.28. The highest BCUT2D eigenvalue weighted by atomic mass is 16.3. The largest absolute Gasteiger partial charge is 0.394 e. The van der Waals surface area contributed by atoms with Gasteiger partial charge < -0.3 is 15.3 Å². The van der Waals surface area contributed by atoms with E-state index in [0.717, 1.165) is 31.3 Å². The molecule has 0 radical (unpaired) electrons. The van der Waals surface area contributed by atoms with Gasteiger partial charge in [-0.3, -0.25) is 0 Å². The van der Waals surface area contributed by atoms with Crippen molar-refractivity contribution in [3.8, 4) is 0 Å². The summed E-state index contributed by atoms with van der Waals surface area (Å²) in [7, 11) is 0. The van der Waals surface area contributed by atoms with Crippen LogP contribution in [0.3, 0.4) is 0 Å². The quantitative estimate of drug-likeness (QED) is 0.511. The van der Waals surface area contributed by atoms with Crippen LogP contribution in [-0.2, 0) is 0 Å². The summed E-state index contributed by atoms with van der Waals surface area (Å²) < 4.78 is 0. The van der Waals surface area contributed by atoms with E-state index in [9.17, 15) is 5.11 Å². The van der Waals surface area contributed by atoms with E-state index in [-0.39, 0.29) is 12.1 Å². The van der Waals surface area contributed by atoms with Crippen LogP contribution >= 0.6 is 0 Å². The molecule has 3 heteroatoms. The van der Waals surface area contributed by atoms with Crippen molar-refractivity contribution in [1.29, 1.82) is 0 Å². The molecule has 1 rings (SSSR count). The molecule has 1 aliphatic carbocycles. The zero-order chi connectivity index (χ0) is 15.7. The van der Waals surface area contributed by atoms with Gasteiger partial charge >= 0.3 is 0 Å². The predicted molar refractivity (Wildman–Crippen MR) is 91.7 cm³/mol. The molecule has 1 unspecified atom stereocenters. The van der Waals surface area contributed by atoms with Gasteiger partial charge in [0, 0.05) is 11.6 Å². The van der Waals surface area contributed by atoms with Crippen LogP contribution < -0.4 is 5.32 Å². The van der Waals surface area contributed by atoms with Crippen molar-refractivity contribution in [2.24, 2.45) is 5.92 Å². The van der Waals surface area contributed by atoms with Crippen LogP contribution in [0.15, 0.2) is 0 Å². The summed E-state index contributed by atoms with van der Waals surface area (Å²) >= 11 is 0. The molecule has 126 valence electrons. The molecule has 1 saturated carbocycles. The lowest BCUT2D eigenvalue weighted by Gasteiger charge is -2.29. The minimum atomic E-state index is -0.0850. The first-order valence-electron chi connectivity index (χ1n) is 9.10. The monoisotopic (exact) mass is 298 g/mol. The number of unbranched alkanes of at least 4 members (excludes halogenated alkanes) is 1. The van der Waals surface area contributed by atoms with Crippen molar-refractivity contribution in [2.75, 3.05) is 26.2 Å². The maximum atomic E-state index is 9.59. The Hall–Kier alpha value is -0.120. The van der Waals surface area contributed by atoms with Gasteiger partial charge in [0.05, 0.1) is 6.61 Å². The van der Waals surface area contributed by atoms with E-state index >= 15 is 0 Å². The van der Waals surface area contributed by atoms with Gasteiger partial charge in [-0.15, -0.1) is 0 Å². The molecule has 0 bridgehead atoms. The van der Waals surface area contributed by atoms with Gasteiger partial charge in [-0.25, -0.2) is 0 Å². The first-order chi connectivity index (χ1) is 10.0. The summed E-state index contributed by atoms with van der Waals surface area (Å²) in [6.07, 6.45) is 8.81. The summed E-state index contributed by atoms with van der Waals surface area (Å²) in [6, 6.07) is 0.881. The Morgan fingerprint density at radius 3 is 2.48 bits per heavy atom. The van der Waals surface area contributed by atoms with Crippen molar-refractivity contribution in [1.82, 2.24) is 10.2 Å². The second-order valence-corrected chi connectivity index (χ2v) is 7.55. The van der Waals surface area contributed by atoms with E-state index in [0.29, 0.717) is 0 Å². The maximum absolute atomic E-state index is 9.59. The van der Waals surface area contributed by atoms with Gasteiger partial charge in [0.1, 0.15) is 0 Å². The molecular formula is C18H38N2O. The summed E-state index contributed by atoms with van der Waals surface area (Å²) in [5, 5.41) is 13.1. The smallest absolute Gasteiger partial charge is 0.0610 e. The maximum Gasteiger partial charge on any atom is 0.0610 e. The molecule has 21 heavy (non-hydrogen) atoms. The standard InChI is InChI=1S/C18H38N2O/c1-5-12-19-18(4,15-21)11-6-7-13-20(17-8-9-17)14-10-16(2)3/h16-17,19,21H,5-15H2,1-4H3. The lowest BCUT2D eigenvalue weighted by Crippen LogP contribution is -2.46. The summed E-state index contributed by atoms with van der Waals surface area (Å²) in [5.74, 6) is 0.808. The third kappa shape index (κ3) is 8.18. The first-order valence-corrected chi connectivity index (χ1v) is 9.10. The molecular weight excluding hydrogens is 260 g/mol. The summed E-state index contributed by atoms with van der Waals surface area (Å²) in [6.45, 7) is 12.7. The van der Waals surface area contributed by atoms with Crippen LogP contribution in [0.1, 0.15) is 72.6 Å². The fourth-order valence-corrected chi connectivity index (χ4v) is 2.82. The van der Waals surface area contributed by atoms with Gasteiger partial charge in [-0.1, -0.05) is 27.2 Å². The SMILES string of the molecule is CCCNC(C)(CO)CCCCN(CCC(C)C)C1CC1. The van der Waals surface area contributed by atoms with E-state index in [2.05, 4.69) is 37.9 Å². The van der Waals surface area contributed by atoms with Gasteiger partial charge in [-0.05, 0) is 71.0 Å². The van der Waals surface area contributed by atoms with Crippen molar-refractivity contribution in [3.05, 3.63) is 0 Å². The van der Waals surface area contributed by atoms with E-state index in [1.54, 1.807) is 0 Å². The number of hydrogen-bond acceptors (Lipinski definition) is 3. The van der Waals surface area contributed by atoms with Crippen molar-refractivity contribution >= 4 is 0 Å². The molecule has 0 aromatic carbocycles. The van der Waals surface area contributed by atoms with E-state index in [4.69, 9.17) is 0 Å². The van der Waals surface area contributed by atoms with Crippen molar-refractivity contribution in [3.63, 3.8) is 0 Å². The number of hydrogen-bond donors (Lipinski definition) is 2. The molecule has 0 heterocycles. The zero-order valence-corrected chi connectivity index (χ0v) is 14.8. The number of nitrogens with zero attached hydrogens (tertiary/aromatic N) is 1. The Morgan fingerprint density at radius 1 is 1.24 bits per heavy atom. The normalized spacial score (nSPS) is 18.4. The fraction of sp³-hybridized carbons (Fsp3) is 1.00. The number of nitrogens with one attached hydrogen (secondary N) is 1. The Kier molecular flexibility index (Phi) is 8.84. The molecule has 3 nitrogen and oxygen atoms in total. The van der Waals surface area contributed by atoms with Gasteiger partial charge in [0.25, 0.3) is 0 Å². The van der Waals surface area contributed by atoms with Crippen LogP contribution in [0, 0.1) is 5.92 Å². The van der Waals surface area contributed by atoms with Crippen LogP contribution in [0.25, 0.3) is 0 Å². The molecule has 0 saturated heterocycles. The Morgan fingerprint density at radius 2 is 1.95 bits per heavy atom. The second kappa shape index (κ2) is 9.81. The third-order valence-corrected chi connectivity index (χ3v) is 4.63. The van der Waals surface area contributed by atoms with Gasteiger partial charge in [-0.2, -0.15) is 0 Å². The lowest BCUT2D eigenvalue weighted by atomic mass is 9.95. The number of rotatable bonds is 13. The van der Waals surface area contributed by atoms with Crippen LogP contribution in [0.2, 0.25) is 0 Å². The van der Waals surface area contributed by atoms with E-state index in [1.807, 2.05) is 0 Å². The highest BCUT2D eigenvalue weighted by Gasteiger charge is 2.28. The predicted octanol–water partition coefficient (Wildman–Crippen LogP) is 3.42. The van der Waals surface area contributed by atoms with Crippen LogP contribution in [0.5, 0.6) is 0 Å². The molecule has 0 aliphatic heterocycles. The highest BCUT2D eigenvalue weighted by Crippen LogP contribution is 2.28. The summed E-state index contributed by atoms with van der Waals surface area (Å²) in [4.78, 5) is 2.70. The van der Waals surface area contributed by atoms with Crippen molar-refractivity contribution in [2.45, 2.75) is 84.2 Å². The first kappa shape index (κ1) is 18.9. The van der Waals surface area contributed by atoms with Crippen molar-refractivity contribution < 1.29 is 5.11 Å². The minimum absolute atomic E-state index is 0.0850. The molecule has 2 N–H and O–H groups in total. The van der Waals surface area contributed by atoms with Crippen LogP contribution in [0.4, 0.5) is 0 Å². The summed E-state index contributed by atoms with van der Waals surface area (Å²) in [5.41, 5.74) is -0.0850. The molecule has 0 spiro atoms. The van der Waals surface area contributed by atoms with Crippen LogP contribution in [-0.4, -0.2) is 47.8 Å². The minimum Gasteiger partial charge on any atom is -0.394 e. The zero-order valence-electron chi connectivity index (χ0n) is 14.8. The Balaban J connectivity index is 2.20. The van der Waals surface area contributed by atoms with Gasteiger partial charge in [0.15, 0.2) is 0 Å². The molecule has 1 fully saturated rings. The topological polar surface area (TPSA) is 35.5 Å². The molecule has 0 amide bonds. The van der Waals surface area contributed by atoms with E-state index < -0.39 is 0 Å².